The average molecular weight is 337 g/mol. The van der Waals surface area contributed by atoms with Crippen LogP contribution in [-0.4, -0.2) is 25.0 Å². The molecule has 25 heavy (non-hydrogen) atoms. The molecule has 0 radical (unpaired) electrons. The van der Waals surface area contributed by atoms with Gasteiger partial charge >= 0.3 is 0 Å². The Morgan fingerprint density at radius 3 is 2.52 bits per heavy atom. The Labute approximate surface area is 143 Å². The minimum absolute atomic E-state index is 0.269. The minimum atomic E-state index is -0.269. The van der Waals surface area contributed by atoms with Gasteiger partial charge in [-0.05, 0) is 41.6 Å². The van der Waals surface area contributed by atoms with E-state index in [9.17, 15) is 9.70 Å². The lowest BCUT2D eigenvalue weighted by Crippen LogP contribution is -2.18. The third-order valence-electron chi connectivity index (χ3n) is 3.66. The van der Waals surface area contributed by atoms with Crippen molar-refractivity contribution in [3.05, 3.63) is 59.1 Å². The van der Waals surface area contributed by atoms with Crippen LogP contribution in [0.3, 0.4) is 0 Å². The summed E-state index contributed by atoms with van der Waals surface area (Å²) in [7, 11) is 3.05. The summed E-state index contributed by atoms with van der Waals surface area (Å²) in [5.74, 6) is 1.23. The van der Waals surface area contributed by atoms with Crippen molar-refractivity contribution in [1.82, 2.24) is 10.3 Å². The van der Waals surface area contributed by atoms with Crippen molar-refractivity contribution in [2.75, 3.05) is 14.2 Å². The summed E-state index contributed by atoms with van der Waals surface area (Å²) in [6, 6.07) is 11.5. The Bertz CT molecular complexity index is 939. The number of amides is 1. The highest BCUT2D eigenvalue weighted by molar-refractivity contribution is 6.02. The maximum absolute atomic E-state index is 12.1. The highest BCUT2D eigenvalue weighted by Crippen LogP contribution is 2.33. The molecule has 0 unspecified atom stereocenters. The molecular weight excluding hydrogens is 322 g/mol. The van der Waals surface area contributed by atoms with Crippen LogP contribution in [-0.2, 0) is 0 Å². The Morgan fingerprint density at radius 1 is 1.12 bits per heavy atom. The second kappa shape index (κ2) is 6.96. The van der Waals surface area contributed by atoms with Gasteiger partial charge in [0.1, 0.15) is 22.9 Å². The van der Waals surface area contributed by atoms with Gasteiger partial charge in [0.05, 0.1) is 18.2 Å². The first-order valence-electron chi connectivity index (χ1n) is 7.46. The number of methoxy groups -OCH3 is 1. The monoisotopic (exact) mass is 337 g/mol. The average Bonchev–Trinajstić information content (AvgIpc) is 2.67. The number of ether oxygens (including phenoxy) is 2. The van der Waals surface area contributed by atoms with Crippen molar-refractivity contribution >= 4 is 22.5 Å². The first-order valence-corrected chi connectivity index (χ1v) is 7.46. The summed E-state index contributed by atoms with van der Waals surface area (Å²) in [6.45, 7) is 0. The predicted octanol–water partition coefficient (Wildman–Crippen LogP) is 3.79. The second-order valence-electron chi connectivity index (χ2n) is 5.15. The molecule has 0 bridgehead atoms. The largest absolute Gasteiger partial charge is 0.496 e. The van der Waals surface area contributed by atoms with Crippen LogP contribution in [0.15, 0.2) is 53.8 Å². The number of carbonyl (C=O) groups excluding carboxylic acids is 1. The number of nitroso groups, excluding NO2 is 1. The van der Waals surface area contributed by atoms with E-state index in [0.29, 0.717) is 39.4 Å². The van der Waals surface area contributed by atoms with Crippen LogP contribution in [0, 0.1) is 4.91 Å². The molecule has 1 aromatic heterocycles. The van der Waals surface area contributed by atoms with Crippen LogP contribution < -0.4 is 14.8 Å². The number of benzene rings is 2. The van der Waals surface area contributed by atoms with Crippen molar-refractivity contribution in [1.29, 1.82) is 0 Å². The van der Waals surface area contributed by atoms with Crippen LogP contribution in [0.2, 0.25) is 0 Å². The first-order chi connectivity index (χ1) is 12.2. The van der Waals surface area contributed by atoms with E-state index in [2.05, 4.69) is 15.5 Å². The number of nitrogens with one attached hydrogen (secondary N) is 1. The number of hydrogen-bond donors (Lipinski definition) is 1. The second-order valence-corrected chi connectivity index (χ2v) is 5.15. The Kier molecular flexibility index (Phi) is 4.56. The molecule has 2 aromatic carbocycles. The highest BCUT2D eigenvalue weighted by Gasteiger charge is 2.15. The van der Waals surface area contributed by atoms with E-state index in [1.807, 2.05) is 0 Å². The molecule has 0 aliphatic heterocycles. The molecule has 3 aromatic rings. The fraction of sp³-hybridized carbons (Fsp3) is 0.111. The summed E-state index contributed by atoms with van der Waals surface area (Å²) >= 11 is 0. The summed E-state index contributed by atoms with van der Waals surface area (Å²) in [5.41, 5.74) is 1.34. The molecule has 0 fully saturated rings. The lowest BCUT2D eigenvalue weighted by molar-refractivity contribution is 0.0960. The molecule has 0 saturated carbocycles. The molecule has 0 spiro atoms. The third-order valence-corrected chi connectivity index (χ3v) is 3.66. The molecule has 1 amide bonds. The van der Waals surface area contributed by atoms with E-state index in [4.69, 9.17) is 9.47 Å². The van der Waals surface area contributed by atoms with Crippen LogP contribution >= 0.6 is 0 Å². The normalized spacial score (nSPS) is 10.3. The molecule has 0 aliphatic rings. The molecule has 3 rings (SSSR count). The summed E-state index contributed by atoms with van der Waals surface area (Å²) < 4.78 is 11.2. The van der Waals surface area contributed by atoms with E-state index in [1.54, 1.807) is 55.7 Å². The van der Waals surface area contributed by atoms with Gasteiger partial charge in [-0.25, -0.2) is 0 Å². The lowest BCUT2D eigenvalue weighted by atomic mass is 10.1. The van der Waals surface area contributed by atoms with E-state index in [-0.39, 0.29) is 5.91 Å². The summed E-state index contributed by atoms with van der Waals surface area (Å²) in [6.07, 6.45) is 1.61. The van der Waals surface area contributed by atoms with Gasteiger partial charge in [-0.1, -0.05) is 0 Å². The number of fused-ring (bicyclic) bond motifs is 1. The molecule has 0 atom stereocenters. The Balaban J connectivity index is 2.08. The number of pyridine rings is 1. The third kappa shape index (κ3) is 3.25. The fourth-order valence-electron chi connectivity index (χ4n) is 2.42. The Morgan fingerprint density at radius 2 is 1.88 bits per heavy atom. The van der Waals surface area contributed by atoms with Crippen molar-refractivity contribution in [2.24, 2.45) is 5.18 Å². The number of rotatable bonds is 5. The van der Waals surface area contributed by atoms with Crippen LogP contribution in [0.25, 0.3) is 10.9 Å². The fourth-order valence-corrected chi connectivity index (χ4v) is 2.42. The Hall–Kier alpha value is -3.48. The van der Waals surface area contributed by atoms with E-state index in [1.165, 1.54) is 7.11 Å². The van der Waals surface area contributed by atoms with Crippen LogP contribution in [0.1, 0.15) is 10.4 Å². The number of aromatic nitrogens is 1. The maximum atomic E-state index is 12.1. The van der Waals surface area contributed by atoms with E-state index in [0.717, 1.165) is 0 Å². The molecule has 126 valence electrons. The standard InChI is InChI=1S/C18H15N3O4/c1-19-18(22)14-9-13-15(10-17(14)24-2)20-8-7-16(13)25-12-5-3-11(21-23)4-6-12/h3-10H,1-2H3,(H,19,22). The van der Waals surface area contributed by atoms with Crippen molar-refractivity contribution in [3.63, 3.8) is 0 Å². The van der Waals surface area contributed by atoms with Gasteiger partial charge in [-0.2, -0.15) is 0 Å². The van der Waals surface area contributed by atoms with Gasteiger partial charge in [-0.15, -0.1) is 4.91 Å². The zero-order chi connectivity index (χ0) is 17.8. The summed E-state index contributed by atoms with van der Waals surface area (Å²) in [4.78, 5) is 26.9. The van der Waals surface area contributed by atoms with Gasteiger partial charge in [-0.3, -0.25) is 9.78 Å². The van der Waals surface area contributed by atoms with Crippen molar-refractivity contribution < 1.29 is 14.3 Å². The summed E-state index contributed by atoms with van der Waals surface area (Å²) in [5, 5.41) is 6.10. The van der Waals surface area contributed by atoms with Crippen molar-refractivity contribution in [2.45, 2.75) is 0 Å². The van der Waals surface area contributed by atoms with Crippen LogP contribution in [0.4, 0.5) is 5.69 Å². The number of hydrogen-bond acceptors (Lipinski definition) is 6. The quantitative estimate of drug-likeness (QED) is 0.715. The number of nitrogens with zero attached hydrogens (tertiary/aromatic N) is 2. The van der Waals surface area contributed by atoms with Crippen LogP contribution in [0.5, 0.6) is 17.2 Å². The van der Waals surface area contributed by atoms with Gasteiger partial charge in [0.25, 0.3) is 5.91 Å². The molecule has 0 saturated heterocycles. The smallest absolute Gasteiger partial charge is 0.254 e. The molecule has 0 aliphatic carbocycles. The zero-order valence-electron chi connectivity index (χ0n) is 13.6. The van der Waals surface area contributed by atoms with Gasteiger partial charge in [0.15, 0.2) is 0 Å². The molecule has 1 heterocycles. The zero-order valence-corrected chi connectivity index (χ0v) is 13.6. The topological polar surface area (TPSA) is 89.9 Å². The molecular formula is C18H15N3O4. The number of carbonyl (C=O) groups is 1. The SMILES string of the molecule is CNC(=O)c1cc2c(Oc3ccc(N=O)cc3)ccnc2cc1OC. The minimum Gasteiger partial charge on any atom is -0.496 e. The predicted molar refractivity (Wildman–Crippen MR) is 93.7 cm³/mol. The lowest BCUT2D eigenvalue weighted by Gasteiger charge is -2.12. The molecule has 7 heteroatoms. The van der Waals surface area contributed by atoms with Gasteiger partial charge in [0, 0.05) is 24.7 Å². The van der Waals surface area contributed by atoms with Gasteiger partial charge in [0.2, 0.25) is 0 Å². The molecule has 1 N–H and O–H groups in total. The van der Waals surface area contributed by atoms with Crippen molar-refractivity contribution in [3.8, 4) is 17.2 Å². The first kappa shape index (κ1) is 16.4. The van der Waals surface area contributed by atoms with E-state index >= 15 is 0 Å². The van der Waals surface area contributed by atoms with Gasteiger partial charge < -0.3 is 14.8 Å². The molecule has 7 nitrogen and oxygen atoms in total. The maximum Gasteiger partial charge on any atom is 0.254 e. The highest BCUT2D eigenvalue weighted by atomic mass is 16.5. The van der Waals surface area contributed by atoms with E-state index < -0.39 is 0 Å².